The number of carboxylic acids is 1. The predicted molar refractivity (Wildman–Crippen MR) is 130 cm³/mol. The first-order chi connectivity index (χ1) is 18.4. The van der Waals surface area contributed by atoms with Crippen LogP contribution in [0.4, 0.5) is 26.3 Å². The number of halogens is 6. The predicted octanol–water partition coefficient (Wildman–Crippen LogP) is 4.50. The number of aromatic nitrogens is 1. The SMILES string of the molecule is Cc1cc(C(O)(C(F)(F)F)C(F)(F)F)ccc1-c1sc(C(O)NCC2(C(=O)O)CC2)nc1C(=O)N1CCC[C@@H]1C. The molecule has 2 aliphatic rings. The highest BCUT2D eigenvalue weighted by molar-refractivity contribution is 7.15. The van der Waals surface area contributed by atoms with Crippen molar-refractivity contribution in [3.05, 3.63) is 40.0 Å². The molecule has 4 N–H and O–H groups in total. The monoisotopic (exact) mass is 595 g/mol. The van der Waals surface area contributed by atoms with E-state index in [1.165, 1.54) is 6.92 Å². The van der Waals surface area contributed by atoms with Crippen molar-refractivity contribution in [1.82, 2.24) is 15.2 Å². The van der Waals surface area contributed by atoms with Crippen LogP contribution in [0, 0.1) is 12.3 Å². The van der Waals surface area contributed by atoms with Gasteiger partial charge in [-0.2, -0.15) is 26.3 Å². The second-order valence-electron chi connectivity index (χ2n) is 10.3. The lowest BCUT2D eigenvalue weighted by Crippen LogP contribution is -2.53. The molecule has 2 aromatic rings. The second-order valence-corrected chi connectivity index (χ2v) is 11.4. The fourth-order valence-electron chi connectivity index (χ4n) is 4.78. The number of carbonyl (C=O) groups is 2. The highest BCUT2D eigenvalue weighted by Gasteiger charge is 2.71. The zero-order valence-electron chi connectivity index (χ0n) is 21.4. The van der Waals surface area contributed by atoms with Gasteiger partial charge in [0, 0.05) is 24.7 Å². The minimum Gasteiger partial charge on any atom is -0.481 e. The highest BCUT2D eigenvalue weighted by atomic mass is 32.1. The normalized spacial score (nSPS) is 20.1. The summed E-state index contributed by atoms with van der Waals surface area (Å²) in [7, 11) is 0. The quantitative estimate of drug-likeness (QED) is 0.262. The number of rotatable bonds is 8. The molecule has 8 nitrogen and oxygen atoms in total. The van der Waals surface area contributed by atoms with E-state index in [9.17, 15) is 51.3 Å². The number of carbonyl (C=O) groups excluding carboxylic acids is 1. The zero-order chi connectivity index (χ0) is 29.8. The van der Waals surface area contributed by atoms with Crippen LogP contribution in [-0.4, -0.2) is 68.6 Å². The maximum absolute atomic E-state index is 13.5. The van der Waals surface area contributed by atoms with Crippen LogP contribution in [0.15, 0.2) is 18.2 Å². The molecular formula is C25H27F6N3O5S. The Bertz CT molecular complexity index is 1290. The molecule has 1 aromatic carbocycles. The van der Waals surface area contributed by atoms with Crippen LogP contribution in [-0.2, 0) is 10.4 Å². The van der Waals surface area contributed by atoms with E-state index < -0.39 is 47.0 Å². The number of likely N-dealkylation sites (tertiary alicyclic amines) is 1. The first-order valence-corrected chi connectivity index (χ1v) is 13.2. The molecule has 1 unspecified atom stereocenters. The molecule has 2 atom stereocenters. The summed E-state index contributed by atoms with van der Waals surface area (Å²) in [6.45, 7) is 3.39. The van der Waals surface area contributed by atoms with Crippen LogP contribution in [0.2, 0.25) is 0 Å². The summed E-state index contributed by atoms with van der Waals surface area (Å²) in [5.41, 5.74) is -7.74. The Morgan fingerprint density at radius 1 is 1.20 bits per heavy atom. The molecule has 1 amide bonds. The topological polar surface area (TPSA) is 123 Å². The number of nitrogens with zero attached hydrogens (tertiary/aromatic N) is 2. The number of nitrogens with one attached hydrogen (secondary N) is 1. The third kappa shape index (κ3) is 5.19. The summed E-state index contributed by atoms with van der Waals surface area (Å²) in [4.78, 5) is 30.8. The van der Waals surface area contributed by atoms with Gasteiger partial charge in [-0.05, 0) is 50.7 Å². The summed E-state index contributed by atoms with van der Waals surface area (Å²) < 4.78 is 80.5. The van der Waals surface area contributed by atoms with E-state index in [-0.39, 0.29) is 39.3 Å². The average molecular weight is 596 g/mol. The Kier molecular flexibility index (Phi) is 7.75. The largest absolute Gasteiger partial charge is 0.481 e. The molecule has 0 radical (unpaired) electrons. The molecule has 40 heavy (non-hydrogen) atoms. The number of hydrogen-bond acceptors (Lipinski definition) is 7. The van der Waals surface area contributed by atoms with Crippen LogP contribution in [0.5, 0.6) is 0 Å². The molecule has 1 aliphatic carbocycles. The number of aliphatic hydroxyl groups excluding tert-OH is 1. The van der Waals surface area contributed by atoms with Gasteiger partial charge >= 0.3 is 18.3 Å². The Labute approximate surface area is 228 Å². The lowest BCUT2D eigenvalue weighted by molar-refractivity contribution is -0.376. The van der Waals surface area contributed by atoms with Gasteiger partial charge in [-0.1, -0.05) is 18.2 Å². The number of carboxylic acid groups (broad SMARTS) is 1. The van der Waals surface area contributed by atoms with E-state index in [0.29, 0.717) is 31.5 Å². The standard InChI is InChI=1S/C25H27F6N3O5S/c1-12-10-14(23(39,24(26,27)28)25(29,30)31)5-6-15(12)17-16(20(36)34-9-3-4-13(34)2)33-19(40-17)18(35)32-11-22(7-8-22)21(37)38/h5-6,10,13,18,32,35,39H,3-4,7-9,11H2,1-2H3,(H,37,38)/t13-,18?/m0/s1. The van der Waals surface area contributed by atoms with Crippen molar-refractivity contribution >= 4 is 23.2 Å². The Balaban J connectivity index is 1.75. The number of hydrogen-bond donors (Lipinski definition) is 4. The van der Waals surface area contributed by atoms with Crippen molar-refractivity contribution in [3.8, 4) is 10.4 Å². The van der Waals surface area contributed by atoms with Gasteiger partial charge < -0.3 is 20.2 Å². The maximum atomic E-state index is 13.5. The molecule has 1 saturated heterocycles. The summed E-state index contributed by atoms with van der Waals surface area (Å²) >= 11 is 0.802. The number of aryl methyl sites for hydroxylation is 1. The molecule has 220 valence electrons. The van der Waals surface area contributed by atoms with Crippen LogP contribution in [0.1, 0.15) is 65.5 Å². The van der Waals surface area contributed by atoms with E-state index in [0.717, 1.165) is 30.2 Å². The molecule has 2 fully saturated rings. The summed E-state index contributed by atoms with van der Waals surface area (Å²) in [5, 5.41) is 32.5. The van der Waals surface area contributed by atoms with Gasteiger partial charge in [0.25, 0.3) is 11.5 Å². The number of thiazole rings is 1. The number of alkyl halides is 6. The van der Waals surface area contributed by atoms with E-state index in [2.05, 4.69) is 10.3 Å². The minimum absolute atomic E-state index is 0.0306. The van der Waals surface area contributed by atoms with Gasteiger partial charge in [-0.25, -0.2) is 4.98 Å². The van der Waals surface area contributed by atoms with Crippen molar-refractivity contribution in [3.63, 3.8) is 0 Å². The van der Waals surface area contributed by atoms with E-state index in [4.69, 9.17) is 0 Å². The number of benzene rings is 1. The number of amides is 1. The zero-order valence-corrected chi connectivity index (χ0v) is 22.2. The molecule has 1 saturated carbocycles. The van der Waals surface area contributed by atoms with Crippen molar-refractivity contribution in [2.45, 2.75) is 69.8 Å². The van der Waals surface area contributed by atoms with Crippen molar-refractivity contribution in [1.29, 1.82) is 0 Å². The first-order valence-electron chi connectivity index (χ1n) is 12.4. The van der Waals surface area contributed by atoms with Crippen molar-refractivity contribution in [2.24, 2.45) is 5.41 Å². The van der Waals surface area contributed by atoms with Gasteiger partial charge in [-0.15, -0.1) is 11.3 Å². The van der Waals surface area contributed by atoms with Gasteiger partial charge in [0.1, 0.15) is 10.7 Å². The summed E-state index contributed by atoms with van der Waals surface area (Å²) in [6, 6.07) is 1.85. The molecule has 15 heteroatoms. The van der Waals surface area contributed by atoms with E-state index in [1.807, 2.05) is 6.92 Å². The summed E-state index contributed by atoms with van der Waals surface area (Å²) in [6.07, 6.45) is -11.3. The van der Waals surface area contributed by atoms with Crippen LogP contribution < -0.4 is 5.32 Å². The van der Waals surface area contributed by atoms with Gasteiger partial charge in [0.2, 0.25) is 0 Å². The van der Waals surface area contributed by atoms with Gasteiger partial charge in [0.05, 0.1) is 10.3 Å². The minimum atomic E-state index is -6.06. The lowest BCUT2D eigenvalue weighted by Gasteiger charge is -2.33. The smallest absolute Gasteiger partial charge is 0.430 e. The molecular weight excluding hydrogens is 568 g/mol. The maximum Gasteiger partial charge on any atom is 0.430 e. The van der Waals surface area contributed by atoms with Crippen LogP contribution in [0.3, 0.4) is 0 Å². The molecule has 0 spiro atoms. The third-order valence-corrected chi connectivity index (χ3v) is 8.69. The number of aliphatic hydroxyl groups is 2. The second kappa shape index (κ2) is 10.3. The summed E-state index contributed by atoms with van der Waals surface area (Å²) in [5.74, 6) is -1.55. The molecule has 1 aromatic heterocycles. The molecule has 0 bridgehead atoms. The van der Waals surface area contributed by atoms with Crippen molar-refractivity contribution in [2.75, 3.05) is 13.1 Å². The molecule has 1 aliphatic heterocycles. The highest BCUT2D eigenvalue weighted by Crippen LogP contribution is 2.51. The van der Waals surface area contributed by atoms with Gasteiger partial charge in [0.15, 0.2) is 6.23 Å². The Morgan fingerprint density at radius 3 is 2.30 bits per heavy atom. The molecule has 2 heterocycles. The lowest BCUT2D eigenvalue weighted by atomic mass is 9.89. The average Bonchev–Trinajstić information content (AvgIpc) is 3.33. The first kappa shape index (κ1) is 30.2. The fraction of sp³-hybridized carbons (Fsp3) is 0.560. The Hall–Kier alpha value is -2.75. The van der Waals surface area contributed by atoms with Gasteiger partial charge in [-0.3, -0.25) is 14.9 Å². The van der Waals surface area contributed by atoms with E-state index in [1.54, 1.807) is 4.90 Å². The molecule has 4 rings (SSSR count). The van der Waals surface area contributed by atoms with Crippen LogP contribution in [0.25, 0.3) is 10.4 Å². The van der Waals surface area contributed by atoms with E-state index >= 15 is 0 Å². The third-order valence-electron chi connectivity index (χ3n) is 7.54. The van der Waals surface area contributed by atoms with Crippen molar-refractivity contribution < 1.29 is 51.3 Å². The van der Waals surface area contributed by atoms with Crippen LogP contribution >= 0.6 is 11.3 Å². The fourth-order valence-corrected chi connectivity index (χ4v) is 5.89. The number of aliphatic carboxylic acids is 1. The Morgan fingerprint density at radius 2 is 1.82 bits per heavy atom.